The van der Waals surface area contributed by atoms with Crippen molar-refractivity contribution in [1.82, 2.24) is 19.2 Å². The predicted octanol–water partition coefficient (Wildman–Crippen LogP) is 4.31. The number of hydrogen-bond acceptors (Lipinski definition) is 5. The van der Waals surface area contributed by atoms with Crippen molar-refractivity contribution in [2.75, 3.05) is 0 Å². The summed E-state index contributed by atoms with van der Waals surface area (Å²) in [7, 11) is -4.04. The van der Waals surface area contributed by atoms with Crippen LogP contribution in [0.3, 0.4) is 0 Å². The standard InChI is InChI=1S/C25H19FN4O3S/c26-22-16-20(30-14-1-12-28-30)6-10-24(22)34(32,33)21-7-2-18(3-8-21)4-9-23(31)19-5-11-25-27-13-15-29(25)17-19/h1-3,5-8,10-17H,4,9H2. The van der Waals surface area contributed by atoms with Gasteiger partial charge in [-0.25, -0.2) is 22.5 Å². The molecule has 3 heterocycles. The van der Waals surface area contributed by atoms with Crippen LogP contribution in [0.2, 0.25) is 0 Å². The van der Waals surface area contributed by atoms with E-state index in [0.717, 1.165) is 17.3 Å². The van der Waals surface area contributed by atoms with Gasteiger partial charge >= 0.3 is 0 Å². The molecule has 3 aromatic heterocycles. The Hall–Kier alpha value is -4.11. The first kappa shape index (κ1) is 21.7. The van der Waals surface area contributed by atoms with Gasteiger partial charge in [-0.2, -0.15) is 5.10 Å². The summed E-state index contributed by atoms with van der Waals surface area (Å²) in [5.41, 5.74) is 2.58. The molecule has 0 amide bonds. The number of benzene rings is 2. The Morgan fingerprint density at radius 2 is 1.79 bits per heavy atom. The Kier molecular flexibility index (Phi) is 5.54. The van der Waals surface area contributed by atoms with E-state index in [9.17, 15) is 17.6 Å². The van der Waals surface area contributed by atoms with Crippen molar-refractivity contribution >= 4 is 21.3 Å². The number of pyridine rings is 1. The molecule has 0 bridgehead atoms. The normalized spacial score (nSPS) is 11.7. The number of nitrogens with zero attached hydrogens (tertiary/aromatic N) is 4. The lowest BCUT2D eigenvalue weighted by Crippen LogP contribution is -2.06. The monoisotopic (exact) mass is 474 g/mol. The average molecular weight is 475 g/mol. The van der Waals surface area contributed by atoms with Crippen molar-refractivity contribution in [3.05, 3.63) is 109 Å². The number of aryl methyl sites for hydroxylation is 1. The SMILES string of the molecule is O=C(CCc1ccc(S(=O)(=O)c2ccc(-n3cccn3)cc2F)cc1)c1ccc2nccn2c1. The molecule has 5 aromatic rings. The van der Waals surface area contributed by atoms with Gasteiger partial charge in [-0.1, -0.05) is 12.1 Å². The van der Waals surface area contributed by atoms with Crippen molar-refractivity contribution in [3.8, 4) is 5.69 Å². The summed E-state index contributed by atoms with van der Waals surface area (Å²) in [5, 5.41) is 4.02. The summed E-state index contributed by atoms with van der Waals surface area (Å²) >= 11 is 0. The first-order chi connectivity index (χ1) is 16.4. The Bertz CT molecular complexity index is 1590. The highest BCUT2D eigenvalue weighted by Gasteiger charge is 2.22. The first-order valence-electron chi connectivity index (χ1n) is 10.5. The van der Waals surface area contributed by atoms with Crippen LogP contribution in [0, 0.1) is 5.82 Å². The van der Waals surface area contributed by atoms with Crippen LogP contribution < -0.4 is 0 Å². The third kappa shape index (κ3) is 4.13. The fraction of sp³-hybridized carbons (Fsp3) is 0.0800. The van der Waals surface area contributed by atoms with Crippen LogP contribution in [0.5, 0.6) is 0 Å². The second-order valence-electron chi connectivity index (χ2n) is 7.75. The van der Waals surface area contributed by atoms with Crippen LogP contribution in [-0.4, -0.2) is 33.4 Å². The highest BCUT2D eigenvalue weighted by atomic mass is 32.2. The minimum absolute atomic E-state index is 0.0149. The van der Waals surface area contributed by atoms with Crippen LogP contribution in [0.1, 0.15) is 22.3 Å². The van der Waals surface area contributed by atoms with E-state index in [0.29, 0.717) is 17.7 Å². The largest absolute Gasteiger partial charge is 0.306 e. The van der Waals surface area contributed by atoms with E-state index in [1.807, 2.05) is 0 Å². The summed E-state index contributed by atoms with van der Waals surface area (Å²) < 4.78 is 43.9. The van der Waals surface area contributed by atoms with Crippen LogP contribution >= 0.6 is 0 Å². The van der Waals surface area contributed by atoms with Crippen LogP contribution in [0.4, 0.5) is 4.39 Å². The molecule has 0 aliphatic rings. The number of carbonyl (C=O) groups is 1. The van der Waals surface area contributed by atoms with E-state index in [2.05, 4.69) is 10.1 Å². The lowest BCUT2D eigenvalue weighted by molar-refractivity contribution is 0.0982. The lowest BCUT2D eigenvalue weighted by Gasteiger charge is -2.09. The number of imidazole rings is 1. The molecule has 0 unspecified atom stereocenters. The van der Waals surface area contributed by atoms with Crippen molar-refractivity contribution < 1.29 is 17.6 Å². The Labute approximate surface area is 195 Å². The number of Topliss-reactive ketones (excluding diaryl/α,β-unsaturated/α-hetero) is 1. The Morgan fingerprint density at radius 1 is 0.971 bits per heavy atom. The van der Waals surface area contributed by atoms with E-state index in [1.54, 1.807) is 65.7 Å². The second kappa shape index (κ2) is 8.68. The molecule has 170 valence electrons. The molecular formula is C25H19FN4O3S. The minimum Gasteiger partial charge on any atom is -0.306 e. The van der Waals surface area contributed by atoms with E-state index >= 15 is 0 Å². The maximum absolute atomic E-state index is 14.7. The third-order valence-corrected chi connectivity index (χ3v) is 7.36. The van der Waals surface area contributed by atoms with E-state index in [4.69, 9.17) is 0 Å². The zero-order valence-corrected chi connectivity index (χ0v) is 18.7. The Balaban J connectivity index is 1.29. The molecule has 0 fully saturated rings. The van der Waals surface area contributed by atoms with Gasteiger partial charge in [0, 0.05) is 49.0 Å². The number of sulfone groups is 1. The van der Waals surface area contributed by atoms with Crippen molar-refractivity contribution in [2.45, 2.75) is 22.6 Å². The maximum Gasteiger partial charge on any atom is 0.209 e. The summed E-state index contributed by atoms with van der Waals surface area (Å²) in [5.74, 6) is -0.871. The first-order valence-corrected chi connectivity index (χ1v) is 12.0. The molecule has 5 rings (SSSR count). The third-order valence-electron chi connectivity index (χ3n) is 5.56. The number of ketones is 1. The molecular weight excluding hydrogens is 455 g/mol. The van der Waals surface area contributed by atoms with Gasteiger partial charge in [0.25, 0.3) is 0 Å². The zero-order chi connectivity index (χ0) is 23.7. The molecule has 0 radical (unpaired) electrons. The highest BCUT2D eigenvalue weighted by molar-refractivity contribution is 7.91. The van der Waals surface area contributed by atoms with Gasteiger partial charge in [-0.3, -0.25) is 4.79 Å². The smallest absolute Gasteiger partial charge is 0.209 e. The summed E-state index contributed by atoms with van der Waals surface area (Å²) in [6.45, 7) is 0. The fourth-order valence-corrected chi connectivity index (χ4v) is 5.03. The van der Waals surface area contributed by atoms with Gasteiger partial charge in [0.2, 0.25) is 9.84 Å². The molecule has 0 spiro atoms. The van der Waals surface area contributed by atoms with Gasteiger partial charge in [0.05, 0.1) is 10.6 Å². The molecule has 0 aliphatic carbocycles. The molecule has 0 saturated heterocycles. The van der Waals surface area contributed by atoms with Crippen molar-refractivity contribution in [3.63, 3.8) is 0 Å². The summed E-state index contributed by atoms with van der Waals surface area (Å²) in [4.78, 5) is 16.3. The highest BCUT2D eigenvalue weighted by Crippen LogP contribution is 2.25. The second-order valence-corrected chi connectivity index (χ2v) is 9.66. The maximum atomic E-state index is 14.7. The number of aromatic nitrogens is 4. The lowest BCUT2D eigenvalue weighted by atomic mass is 10.0. The molecule has 0 N–H and O–H groups in total. The van der Waals surface area contributed by atoms with E-state index < -0.39 is 20.5 Å². The van der Waals surface area contributed by atoms with Gasteiger partial charge in [-0.15, -0.1) is 0 Å². The quantitative estimate of drug-likeness (QED) is 0.328. The van der Waals surface area contributed by atoms with E-state index in [1.165, 1.54) is 28.9 Å². The van der Waals surface area contributed by atoms with Crippen molar-refractivity contribution in [2.24, 2.45) is 0 Å². The van der Waals surface area contributed by atoms with Gasteiger partial charge in [0.1, 0.15) is 16.4 Å². The molecule has 2 aromatic carbocycles. The predicted molar refractivity (Wildman–Crippen MR) is 123 cm³/mol. The fourth-order valence-electron chi connectivity index (χ4n) is 3.72. The minimum atomic E-state index is -4.04. The Morgan fingerprint density at radius 3 is 2.53 bits per heavy atom. The molecule has 34 heavy (non-hydrogen) atoms. The van der Waals surface area contributed by atoms with Crippen LogP contribution in [-0.2, 0) is 16.3 Å². The molecule has 0 saturated carbocycles. The number of hydrogen-bond donors (Lipinski definition) is 0. The van der Waals surface area contributed by atoms with Crippen LogP contribution in [0.15, 0.2) is 101 Å². The summed E-state index contributed by atoms with van der Waals surface area (Å²) in [6.07, 6.45) is 9.10. The molecule has 7 nitrogen and oxygen atoms in total. The topological polar surface area (TPSA) is 86.3 Å². The average Bonchev–Trinajstić information content (AvgIpc) is 3.54. The van der Waals surface area contributed by atoms with Gasteiger partial charge in [0.15, 0.2) is 5.78 Å². The number of fused-ring (bicyclic) bond motifs is 1. The molecule has 9 heteroatoms. The van der Waals surface area contributed by atoms with Gasteiger partial charge < -0.3 is 4.40 Å². The van der Waals surface area contributed by atoms with Crippen LogP contribution in [0.25, 0.3) is 11.3 Å². The molecule has 0 atom stereocenters. The van der Waals surface area contributed by atoms with Gasteiger partial charge in [-0.05, 0) is 54.4 Å². The van der Waals surface area contributed by atoms with Crippen molar-refractivity contribution in [1.29, 1.82) is 0 Å². The van der Waals surface area contributed by atoms with E-state index in [-0.39, 0.29) is 17.1 Å². The number of rotatable bonds is 7. The zero-order valence-electron chi connectivity index (χ0n) is 17.9. The summed E-state index contributed by atoms with van der Waals surface area (Å²) in [6, 6.07) is 15.3. The molecule has 0 aliphatic heterocycles. The number of halogens is 1. The number of carbonyl (C=O) groups excluding carboxylic acids is 1.